The first-order valence-electron chi connectivity index (χ1n) is 9.36. The predicted octanol–water partition coefficient (Wildman–Crippen LogP) is 0.404. The Morgan fingerprint density at radius 2 is 2.07 bits per heavy atom. The molecule has 5 rings (SSSR count). The molecule has 4 atom stereocenters. The van der Waals surface area contributed by atoms with E-state index >= 15 is 0 Å². The van der Waals surface area contributed by atoms with Gasteiger partial charge in [-0.3, -0.25) is 19.2 Å². The third kappa shape index (κ3) is 3.85. The molecule has 2 amide bonds. The fraction of sp³-hybridized carbons (Fsp3) is 0.474. The summed E-state index contributed by atoms with van der Waals surface area (Å²) in [6.07, 6.45) is 3.59. The van der Waals surface area contributed by atoms with Crippen LogP contribution in [-0.4, -0.2) is 50.8 Å². The summed E-state index contributed by atoms with van der Waals surface area (Å²) < 4.78 is 1.68. The van der Waals surface area contributed by atoms with Crippen LogP contribution in [0.4, 0.5) is 0 Å². The van der Waals surface area contributed by atoms with E-state index in [9.17, 15) is 9.59 Å². The Morgan fingerprint density at radius 1 is 1.26 bits per heavy atom. The standard InChI is InChI=1S/C19H24N6O2/c20-18(26)17-12-25(23-22-17)10-15-8-14-6-7-24(15)11-16(14)19(27)21-9-13-4-2-1-3-5-13/h1-5,12,14-16H,6-11H2,(H2,20,26)(H,21,27)/t14-,15-,16-/m1/s1. The van der Waals surface area contributed by atoms with E-state index < -0.39 is 5.91 Å². The molecule has 142 valence electrons. The second-order valence-corrected chi connectivity index (χ2v) is 7.43. The first-order chi connectivity index (χ1) is 13.1. The number of rotatable bonds is 6. The van der Waals surface area contributed by atoms with Gasteiger partial charge in [0.2, 0.25) is 5.91 Å². The van der Waals surface area contributed by atoms with Crippen LogP contribution in [0.5, 0.6) is 0 Å². The average Bonchev–Trinajstić information content (AvgIpc) is 3.16. The minimum Gasteiger partial charge on any atom is -0.364 e. The van der Waals surface area contributed by atoms with Crippen LogP contribution in [0.25, 0.3) is 0 Å². The molecule has 2 bridgehead atoms. The lowest BCUT2D eigenvalue weighted by atomic mass is 9.75. The largest absolute Gasteiger partial charge is 0.364 e. The van der Waals surface area contributed by atoms with Crippen molar-refractivity contribution in [3.05, 3.63) is 47.8 Å². The van der Waals surface area contributed by atoms with Gasteiger partial charge in [0, 0.05) is 19.1 Å². The minimum atomic E-state index is -0.568. The molecule has 3 aliphatic rings. The third-order valence-corrected chi connectivity index (χ3v) is 5.71. The minimum absolute atomic E-state index is 0.0376. The number of benzene rings is 1. The van der Waals surface area contributed by atoms with Crippen molar-refractivity contribution in [2.75, 3.05) is 13.1 Å². The molecule has 1 aromatic heterocycles. The zero-order valence-electron chi connectivity index (χ0n) is 15.1. The van der Waals surface area contributed by atoms with Crippen molar-refractivity contribution < 1.29 is 9.59 Å². The van der Waals surface area contributed by atoms with Gasteiger partial charge in [-0.2, -0.15) is 0 Å². The van der Waals surface area contributed by atoms with Crippen LogP contribution in [-0.2, 0) is 17.9 Å². The van der Waals surface area contributed by atoms with Crippen molar-refractivity contribution in [2.45, 2.75) is 32.0 Å². The summed E-state index contributed by atoms with van der Waals surface area (Å²) >= 11 is 0. The van der Waals surface area contributed by atoms with Gasteiger partial charge in [-0.15, -0.1) is 5.10 Å². The quantitative estimate of drug-likeness (QED) is 0.768. The molecule has 0 aliphatic carbocycles. The van der Waals surface area contributed by atoms with Gasteiger partial charge in [-0.25, -0.2) is 0 Å². The summed E-state index contributed by atoms with van der Waals surface area (Å²) in [5.41, 5.74) is 6.53. The lowest BCUT2D eigenvalue weighted by molar-refractivity contribution is -0.133. The third-order valence-electron chi connectivity index (χ3n) is 5.71. The number of hydrogen-bond acceptors (Lipinski definition) is 5. The van der Waals surface area contributed by atoms with Gasteiger partial charge in [0.15, 0.2) is 5.69 Å². The Labute approximate surface area is 157 Å². The first kappa shape index (κ1) is 17.7. The highest BCUT2D eigenvalue weighted by Gasteiger charge is 2.43. The molecule has 3 N–H and O–H groups in total. The summed E-state index contributed by atoms with van der Waals surface area (Å²) in [7, 11) is 0. The topological polar surface area (TPSA) is 106 Å². The summed E-state index contributed by atoms with van der Waals surface area (Å²) in [5, 5.41) is 10.9. The molecule has 8 heteroatoms. The number of amides is 2. The molecule has 2 aromatic rings. The van der Waals surface area contributed by atoms with Crippen molar-refractivity contribution in [2.24, 2.45) is 17.6 Å². The van der Waals surface area contributed by atoms with Crippen molar-refractivity contribution in [1.29, 1.82) is 0 Å². The lowest BCUT2D eigenvalue weighted by Crippen LogP contribution is -2.58. The Kier molecular flexibility index (Phi) is 4.89. The van der Waals surface area contributed by atoms with Crippen LogP contribution < -0.4 is 11.1 Å². The van der Waals surface area contributed by atoms with E-state index in [1.807, 2.05) is 30.3 Å². The zero-order valence-corrected chi connectivity index (χ0v) is 15.1. The monoisotopic (exact) mass is 368 g/mol. The molecule has 3 aliphatic heterocycles. The number of carbonyl (C=O) groups is 2. The predicted molar refractivity (Wildman–Crippen MR) is 98.4 cm³/mol. The second kappa shape index (κ2) is 7.48. The molecule has 0 spiro atoms. The Balaban J connectivity index is 1.34. The highest BCUT2D eigenvalue weighted by Crippen LogP contribution is 2.36. The number of fused-ring (bicyclic) bond motifs is 3. The number of nitrogens with one attached hydrogen (secondary N) is 1. The van der Waals surface area contributed by atoms with Crippen molar-refractivity contribution in [3.8, 4) is 0 Å². The smallest absolute Gasteiger partial charge is 0.270 e. The number of aromatic nitrogens is 3. The molecule has 0 radical (unpaired) electrons. The maximum atomic E-state index is 12.7. The van der Waals surface area contributed by atoms with Gasteiger partial charge in [0.1, 0.15) is 0 Å². The van der Waals surface area contributed by atoms with E-state index in [-0.39, 0.29) is 17.5 Å². The molecule has 4 heterocycles. The van der Waals surface area contributed by atoms with Gasteiger partial charge in [0.25, 0.3) is 5.91 Å². The number of hydrogen-bond donors (Lipinski definition) is 2. The Morgan fingerprint density at radius 3 is 2.74 bits per heavy atom. The van der Waals surface area contributed by atoms with Crippen LogP contribution in [0.3, 0.4) is 0 Å². The molecular formula is C19H24N6O2. The van der Waals surface area contributed by atoms with Crippen LogP contribution in [0.1, 0.15) is 28.9 Å². The van der Waals surface area contributed by atoms with E-state index in [1.165, 1.54) is 0 Å². The van der Waals surface area contributed by atoms with Crippen LogP contribution in [0, 0.1) is 11.8 Å². The summed E-state index contributed by atoms with van der Waals surface area (Å²) in [4.78, 5) is 26.2. The second-order valence-electron chi connectivity index (χ2n) is 7.43. The van der Waals surface area contributed by atoms with Gasteiger partial charge < -0.3 is 11.1 Å². The maximum Gasteiger partial charge on any atom is 0.270 e. The van der Waals surface area contributed by atoms with Crippen molar-refractivity contribution >= 4 is 11.8 Å². The number of primary amides is 1. The van der Waals surface area contributed by atoms with Crippen LogP contribution >= 0.6 is 0 Å². The fourth-order valence-electron chi connectivity index (χ4n) is 4.26. The zero-order chi connectivity index (χ0) is 18.8. The van der Waals surface area contributed by atoms with Crippen LogP contribution in [0.2, 0.25) is 0 Å². The van der Waals surface area contributed by atoms with Gasteiger partial charge in [-0.1, -0.05) is 35.5 Å². The number of carbonyl (C=O) groups excluding carboxylic acids is 2. The summed E-state index contributed by atoms with van der Waals surface area (Å²) in [6.45, 7) is 3.00. The van der Waals surface area contributed by atoms with Gasteiger partial charge in [0.05, 0.1) is 18.7 Å². The Bertz CT molecular complexity index is 821. The maximum absolute atomic E-state index is 12.7. The molecule has 27 heavy (non-hydrogen) atoms. The molecule has 1 aromatic carbocycles. The van der Waals surface area contributed by atoms with Crippen LogP contribution in [0.15, 0.2) is 36.5 Å². The van der Waals surface area contributed by atoms with Crippen molar-refractivity contribution in [1.82, 2.24) is 25.2 Å². The normalized spacial score (nSPS) is 26.7. The van der Waals surface area contributed by atoms with Crippen molar-refractivity contribution in [3.63, 3.8) is 0 Å². The lowest BCUT2D eigenvalue weighted by Gasteiger charge is -2.49. The number of nitrogens with two attached hydrogens (primary N) is 1. The molecule has 0 saturated carbocycles. The van der Waals surface area contributed by atoms with E-state index in [0.29, 0.717) is 25.0 Å². The highest BCUT2D eigenvalue weighted by atomic mass is 16.2. The van der Waals surface area contributed by atoms with E-state index in [2.05, 4.69) is 20.5 Å². The average molecular weight is 368 g/mol. The summed E-state index contributed by atoms with van der Waals surface area (Å²) in [5.74, 6) is -0.00353. The number of piperidine rings is 3. The summed E-state index contributed by atoms with van der Waals surface area (Å²) in [6, 6.07) is 10.3. The van der Waals surface area contributed by atoms with Gasteiger partial charge in [-0.05, 0) is 30.9 Å². The molecule has 3 saturated heterocycles. The molecule has 1 unspecified atom stereocenters. The fourth-order valence-corrected chi connectivity index (χ4v) is 4.26. The van der Waals surface area contributed by atoms with E-state index in [0.717, 1.165) is 31.5 Å². The molecule has 3 fully saturated rings. The van der Waals surface area contributed by atoms with E-state index in [4.69, 9.17) is 5.73 Å². The number of nitrogens with zero attached hydrogens (tertiary/aromatic N) is 4. The molecule has 8 nitrogen and oxygen atoms in total. The first-order valence-corrected chi connectivity index (χ1v) is 9.36. The highest BCUT2D eigenvalue weighted by molar-refractivity contribution is 5.90. The van der Waals surface area contributed by atoms with E-state index in [1.54, 1.807) is 10.9 Å². The molecular weight excluding hydrogens is 344 g/mol. The SMILES string of the molecule is NC(=O)c1cn(C[C@H]2C[C@H]3CCN2C[C@H]3C(=O)NCc2ccccc2)nn1. The Hall–Kier alpha value is -2.74. The van der Waals surface area contributed by atoms with Gasteiger partial charge >= 0.3 is 0 Å².